The molecule has 17 heavy (non-hydrogen) atoms. The first-order valence-corrected chi connectivity index (χ1v) is 5.84. The molecule has 1 heterocycles. The number of nitrogens with zero attached hydrogens (tertiary/aromatic N) is 1. The van der Waals surface area contributed by atoms with Gasteiger partial charge in [-0.1, -0.05) is 12.1 Å². The summed E-state index contributed by atoms with van der Waals surface area (Å²) >= 11 is 0. The molecule has 98 valence electrons. The highest BCUT2D eigenvalue weighted by atomic mass is 16.5. The molecule has 0 aromatic heterocycles. The third-order valence-corrected chi connectivity index (χ3v) is 3.13. The van der Waals surface area contributed by atoms with Crippen LogP contribution in [0.4, 0.5) is 0 Å². The smallest absolute Gasteiger partial charge is 0.226 e. The Hall–Kier alpha value is -1.30. The Morgan fingerprint density at radius 3 is 2.82 bits per heavy atom. The summed E-state index contributed by atoms with van der Waals surface area (Å²) in [6.45, 7) is 5.99. The second kappa shape index (κ2) is 5.35. The molecule has 0 bridgehead atoms. The third-order valence-electron chi connectivity index (χ3n) is 3.13. The van der Waals surface area contributed by atoms with E-state index in [-0.39, 0.29) is 23.8 Å². The van der Waals surface area contributed by atoms with E-state index in [1.807, 2.05) is 6.92 Å². The zero-order chi connectivity index (χ0) is 13.1. The molecule has 2 unspecified atom stereocenters. The standard InChI is InChI=1S/C11H21N3O3/c1-4-8-7(5-6-17-8)9(15)13-11(2,3)10(12)14-16/h7-8,16H,4-6H2,1-3H3,(H2,12,14)(H,13,15). The van der Waals surface area contributed by atoms with Crippen LogP contribution < -0.4 is 11.1 Å². The second-order valence-electron chi connectivity index (χ2n) is 4.81. The Balaban J connectivity index is 2.66. The van der Waals surface area contributed by atoms with E-state index in [9.17, 15) is 4.79 Å². The predicted octanol–water partition coefficient (Wildman–Crippen LogP) is 0.443. The number of rotatable bonds is 4. The van der Waals surface area contributed by atoms with Gasteiger partial charge in [-0.25, -0.2) is 0 Å². The fraction of sp³-hybridized carbons (Fsp3) is 0.818. The topological polar surface area (TPSA) is 96.9 Å². The van der Waals surface area contributed by atoms with E-state index in [0.29, 0.717) is 6.61 Å². The number of oxime groups is 1. The van der Waals surface area contributed by atoms with Crippen LogP contribution in [-0.2, 0) is 9.53 Å². The highest BCUT2D eigenvalue weighted by Gasteiger charge is 2.36. The van der Waals surface area contributed by atoms with Gasteiger partial charge in [-0.05, 0) is 26.7 Å². The number of nitrogens with two attached hydrogens (primary N) is 1. The van der Waals surface area contributed by atoms with Crippen molar-refractivity contribution in [3.63, 3.8) is 0 Å². The van der Waals surface area contributed by atoms with Crippen molar-refractivity contribution in [1.82, 2.24) is 5.32 Å². The van der Waals surface area contributed by atoms with Crippen LogP contribution in [0.3, 0.4) is 0 Å². The van der Waals surface area contributed by atoms with Gasteiger partial charge in [0, 0.05) is 6.61 Å². The molecule has 1 aliphatic heterocycles. The molecule has 1 rings (SSSR count). The van der Waals surface area contributed by atoms with Crippen molar-refractivity contribution in [2.75, 3.05) is 6.61 Å². The molecule has 6 nitrogen and oxygen atoms in total. The third kappa shape index (κ3) is 3.09. The molecule has 0 saturated carbocycles. The molecule has 6 heteroatoms. The summed E-state index contributed by atoms with van der Waals surface area (Å²) in [6.07, 6.45) is 1.50. The summed E-state index contributed by atoms with van der Waals surface area (Å²) in [5.74, 6) is -0.269. The van der Waals surface area contributed by atoms with Gasteiger partial charge in [0.05, 0.1) is 17.6 Å². The fourth-order valence-corrected chi connectivity index (χ4v) is 1.94. The monoisotopic (exact) mass is 243 g/mol. The Morgan fingerprint density at radius 2 is 2.29 bits per heavy atom. The van der Waals surface area contributed by atoms with Crippen LogP contribution in [-0.4, -0.2) is 35.2 Å². The van der Waals surface area contributed by atoms with Crippen molar-refractivity contribution in [2.45, 2.75) is 45.3 Å². The molecule has 0 radical (unpaired) electrons. The Morgan fingerprint density at radius 1 is 1.65 bits per heavy atom. The largest absolute Gasteiger partial charge is 0.409 e. The molecule has 1 saturated heterocycles. The van der Waals surface area contributed by atoms with Crippen molar-refractivity contribution in [3.8, 4) is 0 Å². The van der Waals surface area contributed by atoms with Crippen LogP contribution in [0.2, 0.25) is 0 Å². The van der Waals surface area contributed by atoms with Gasteiger partial charge in [-0.15, -0.1) is 0 Å². The van der Waals surface area contributed by atoms with E-state index in [4.69, 9.17) is 15.7 Å². The van der Waals surface area contributed by atoms with Crippen molar-refractivity contribution >= 4 is 11.7 Å². The minimum Gasteiger partial charge on any atom is -0.409 e. The van der Waals surface area contributed by atoms with E-state index in [0.717, 1.165) is 12.8 Å². The number of amidine groups is 1. The van der Waals surface area contributed by atoms with Crippen molar-refractivity contribution in [1.29, 1.82) is 0 Å². The van der Waals surface area contributed by atoms with E-state index < -0.39 is 5.54 Å². The van der Waals surface area contributed by atoms with Gasteiger partial charge in [0.15, 0.2) is 5.84 Å². The molecular weight excluding hydrogens is 222 g/mol. The van der Waals surface area contributed by atoms with Crippen molar-refractivity contribution < 1.29 is 14.7 Å². The summed E-state index contributed by atoms with van der Waals surface area (Å²) in [5.41, 5.74) is 4.66. The summed E-state index contributed by atoms with van der Waals surface area (Å²) in [4.78, 5) is 12.1. The molecule has 0 aromatic rings. The van der Waals surface area contributed by atoms with Gasteiger partial charge in [0.2, 0.25) is 5.91 Å². The van der Waals surface area contributed by atoms with Gasteiger partial charge in [0.1, 0.15) is 0 Å². The zero-order valence-corrected chi connectivity index (χ0v) is 10.6. The van der Waals surface area contributed by atoms with Crippen LogP contribution in [0.5, 0.6) is 0 Å². The quantitative estimate of drug-likeness (QED) is 0.289. The van der Waals surface area contributed by atoms with Gasteiger partial charge >= 0.3 is 0 Å². The molecule has 4 N–H and O–H groups in total. The highest BCUT2D eigenvalue weighted by molar-refractivity contribution is 5.93. The van der Waals surface area contributed by atoms with Crippen LogP contribution in [0.1, 0.15) is 33.6 Å². The lowest BCUT2D eigenvalue weighted by Crippen LogP contribution is -2.55. The lowest BCUT2D eigenvalue weighted by atomic mass is 9.96. The molecule has 1 aliphatic rings. The van der Waals surface area contributed by atoms with Crippen LogP contribution in [0, 0.1) is 5.92 Å². The van der Waals surface area contributed by atoms with Crippen LogP contribution in [0.25, 0.3) is 0 Å². The maximum absolute atomic E-state index is 12.1. The molecule has 0 aromatic carbocycles. The van der Waals surface area contributed by atoms with E-state index in [1.165, 1.54) is 0 Å². The Bertz CT molecular complexity index is 315. The minimum atomic E-state index is -0.854. The molecule has 2 atom stereocenters. The molecular formula is C11H21N3O3. The first-order chi connectivity index (χ1) is 7.92. The van der Waals surface area contributed by atoms with Crippen molar-refractivity contribution in [3.05, 3.63) is 0 Å². The normalized spacial score (nSPS) is 25.9. The van der Waals surface area contributed by atoms with Gasteiger partial charge in [0.25, 0.3) is 0 Å². The van der Waals surface area contributed by atoms with E-state index in [2.05, 4.69) is 10.5 Å². The number of carbonyl (C=O) groups is 1. The lowest BCUT2D eigenvalue weighted by molar-refractivity contribution is -0.127. The average molecular weight is 243 g/mol. The summed E-state index contributed by atoms with van der Waals surface area (Å²) in [7, 11) is 0. The van der Waals surface area contributed by atoms with Gasteiger partial charge in [-0.2, -0.15) is 0 Å². The second-order valence-corrected chi connectivity index (χ2v) is 4.81. The molecule has 0 spiro atoms. The first-order valence-electron chi connectivity index (χ1n) is 5.84. The SMILES string of the molecule is CCC1OCCC1C(=O)NC(C)(C)C(N)=NO. The molecule has 1 fully saturated rings. The first kappa shape index (κ1) is 13.8. The maximum Gasteiger partial charge on any atom is 0.226 e. The summed E-state index contributed by atoms with van der Waals surface area (Å²) < 4.78 is 5.47. The number of carbonyl (C=O) groups excluding carboxylic acids is 1. The minimum absolute atomic E-state index is 0.0159. The average Bonchev–Trinajstić information content (AvgIpc) is 2.75. The maximum atomic E-state index is 12.1. The number of hydrogen-bond donors (Lipinski definition) is 3. The highest BCUT2D eigenvalue weighted by Crippen LogP contribution is 2.24. The van der Waals surface area contributed by atoms with E-state index in [1.54, 1.807) is 13.8 Å². The van der Waals surface area contributed by atoms with Gasteiger partial charge in [-0.3, -0.25) is 4.79 Å². The van der Waals surface area contributed by atoms with E-state index >= 15 is 0 Å². The Kier molecular flexibility index (Phi) is 4.34. The Labute approximate surface area is 101 Å². The molecule has 1 amide bonds. The predicted molar refractivity (Wildman–Crippen MR) is 63.8 cm³/mol. The number of hydrogen-bond acceptors (Lipinski definition) is 4. The van der Waals surface area contributed by atoms with Gasteiger partial charge < -0.3 is 21.0 Å². The zero-order valence-electron chi connectivity index (χ0n) is 10.6. The lowest BCUT2D eigenvalue weighted by Gasteiger charge is -2.27. The number of ether oxygens (including phenoxy) is 1. The summed E-state index contributed by atoms with van der Waals surface area (Å²) in [6, 6.07) is 0. The number of nitrogens with one attached hydrogen (secondary N) is 1. The summed E-state index contributed by atoms with van der Waals surface area (Å²) in [5, 5.41) is 14.3. The number of amides is 1. The van der Waals surface area contributed by atoms with Crippen molar-refractivity contribution in [2.24, 2.45) is 16.8 Å². The molecule has 0 aliphatic carbocycles. The van der Waals surface area contributed by atoms with Crippen LogP contribution in [0.15, 0.2) is 5.16 Å². The van der Waals surface area contributed by atoms with Crippen LogP contribution >= 0.6 is 0 Å². The fourth-order valence-electron chi connectivity index (χ4n) is 1.94.